The molecule has 778 valence electrons. The van der Waals surface area contributed by atoms with Crippen LogP contribution in [-0.4, -0.2) is 216 Å². The molecule has 0 bridgehead atoms. The second-order valence-corrected chi connectivity index (χ2v) is 39.0. The van der Waals surface area contributed by atoms with E-state index in [4.69, 9.17) is 99.6 Å². The summed E-state index contributed by atoms with van der Waals surface area (Å²) in [5.41, 5.74) is -11.9. The number of hydrogen-bond donors (Lipinski definition) is 4. The minimum Gasteiger partial charge on any atom is -0.481 e. The van der Waals surface area contributed by atoms with E-state index in [-0.39, 0.29) is 215 Å². The van der Waals surface area contributed by atoms with Gasteiger partial charge in [-0.05, 0) is 235 Å². The number of ketones is 1. The summed E-state index contributed by atoms with van der Waals surface area (Å²) in [7, 11) is 0. The summed E-state index contributed by atoms with van der Waals surface area (Å²) in [6.45, 7) is 20.6. The fourth-order valence-corrected chi connectivity index (χ4v) is 13.3. The lowest BCUT2D eigenvalue weighted by molar-refractivity contribution is -0.193. The van der Waals surface area contributed by atoms with Crippen LogP contribution in [-0.2, 0) is 28.5 Å². The Morgan fingerprint density at radius 3 is 1.04 bits per heavy atom. The number of rotatable bonds is 25. The smallest absolute Gasteiger partial charge is 0.435 e. The summed E-state index contributed by atoms with van der Waals surface area (Å²) in [5, 5.41) is 43.6. The Morgan fingerprint density at radius 1 is 0.407 bits per heavy atom. The number of amides is 1. The average molecular weight is 2100 g/mol. The first-order valence-corrected chi connectivity index (χ1v) is 44.5. The number of aromatic carboxylic acids is 1. The van der Waals surface area contributed by atoms with Crippen LogP contribution >= 0.6 is 46.4 Å². The highest BCUT2D eigenvalue weighted by atomic mass is 35.5. The van der Waals surface area contributed by atoms with E-state index in [0.29, 0.717) is 11.7 Å². The Morgan fingerprint density at radius 2 is 0.743 bits per heavy atom. The molecule has 140 heavy (non-hydrogen) atoms. The molecular formula is C88H104Cl4F18N12O18. The van der Waals surface area contributed by atoms with Gasteiger partial charge in [-0.25, -0.2) is 53.4 Å². The lowest BCUT2D eigenvalue weighted by Gasteiger charge is -2.22. The third-order valence-electron chi connectivity index (χ3n) is 21.7. The van der Waals surface area contributed by atoms with E-state index in [1.165, 1.54) is 106 Å². The summed E-state index contributed by atoms with van der Waals surface area (Å²) in [5.74, 6) is -2.32. The van der Waals surface area contributed by atoms with Crippen molar-refractivity contribution in [2.75, 3.05) is 39.6 Å². The minimum absolute atomic E-state index is 0.0233. The van der Waals surface area contributed by atoms with E-state index in [9.17, 15) is 113 Å². The normalized spacial score (nSPS) is 16.9. The molecule has 30 nitrogen and oxygen atoms in total. The maximum atomic E-state index is 12.9. The number of carbonyl (C=O) groups is 7. The molecule has 4 N–H and O–H groups in total. The van der Waals surface area contributed by atoms with Gasteiger partial charge in [-0.15, -0.1) is 15.3 Å². The number of nitrogens with one attached hydrogen (secondary N) is 1. The molecule has 0 spiro atoms. The van der Waals surface area contributed by atoms with Crippen molar-refractivity contribution in [3.8, 4) is 35.2 Å². The Labute approximate surface area is 810 Å². The molecule has 0 aromatic carbocycles. The quantitative estimate of drug-likeness (QED) is 0.0179. The zero-order chi connectivity index (χ0) is 105. The van der Waals surface area contributed by atoms with Gasteiger partial charge in [0.1, 0.15) is 43.0 Å². The summed E-state index contributed by atoms with van der Waals surface area (Å²) in [6.07, 6.45) is -17.2. The zero-order valence-electron chi connectivity index (χ0n) is 77.4. The van der Waals surface area contributed by atoms with Gasteiger partial charge in [-0.1, -0.05) is 46.4 Å². The van der Waals surface area contributed by atoms with Crippen molar-refractivity contribution in [2.24, 2.45) is 32.5 Å². The van der Waals surface area contributed by atoms with Crippen molar-refractivity contribution < 1.29 is 166 Å². The molecule has 14 rings (SSSR count). The lowest BCUT2D eigenvalue weighted by Crippen LogP contribution is -2.33. The van der Waals surface area contributed by atoms with Crippen molar-refractivity contribution in [1.82, 2.24) is 59.4 Å². The van der Waals surface area contributed by atoms with E-state index < -0.39 is 134 Å². The van der Waals surface area contributed by atoms with Crippen LogP contribution in [0.3, 0.4) is 0 Å². The third-order valence-corrected chi connectivity index (χ3v) is 22.8. The predicted octanol–water partition coefficient (Wildman–Crippen LogP) is 23.2. The van der Waals surface area contributed by atoms with Crippen molar-refractivity contribution >= 4 is 88.3 Å². The zero-order valence-corrected chi connectivity index (χ0v) is 80.4. The number of aromatic amines is 1. The molecule has 7 aliphatic rings. The number of carboxylic acids is 2. The molecule has 7 aromatic rings. The first-order chi connectivity index (χ1) is 64.2. The molecular weight excluding hydrogens is 2000 g/mol. The molecule has 6 fully saturated rings. The van der Waals surface area contributed by atoms with E-state index in [1.54, 1.807) is 89.2 Å². The monoisotopic (exact) mass is 2100 g/mol. The van der Waals surface area contributed by atoms with Crippen LogP contribution in [0.5, 0.6) is 23.5 Å². The van der Waals surface area contributed by atoms with Crippen LogP contribution in [0.2, 0.25) is 20.6 Å². The molecule has 0 atom stereocenters. The summed E-state index contributed by atoms with van der Waals surface area (Å²) < 4.78 is 270. The number of H-pyrrole nitrogens is 1. The number of carbonyl (C=O) groups excluding carboxylic acids is 5. The Hall–Kier alpha value is -10.6. The van der Waals surface area contributed by atoms with E-state index in [2.05, 4.69) is 40.4 Å². The van der Waals surface area contributed by atoms with Crippen LogP contribution in [0, 0.1) is 32.5 Å². The first-order valence-electron chi connectivity index (χ1n) is 43.0. The van der Waals surface area contributed by atoms with Gasteiger partial charge in [0, 0.05) is 55.7 Å². The van der Waals surface area contributed by atoms with Gasteiger partial charge in [-0.2, -0.15) is 88.8 Å². The molecule has 1 amide bonds. The number of carboxylic acid groups (broad SMARTS) is 2. The van der Waals surface area contributed by atoms with E-state index in [1.807, 2.05) is 0 Å². The SMILES string of the molecule is CC(C)(C)OC(=O)N1C=CC(=O)C1.CC(C)(C)OC(=O)c1ccc(-n2ccc(OCCC3(C(F)(F)F)CC3)n2)nc1Cl.CC(C)(C)OC(=O)c1ccc(Cl)nc1Cl.CC(C)(C)OC(=O)n1ccc(OCCC2(C(F)(F)F)CC2)n1.FC(F)(F)C1(CCOc2ccn[nH]2)CC1.O=C(O)CC1(C(F)(F)F)CC1.O=C(O)c1ccc(-n2ccc(OCCC3(C(F)(F)F)CC3)n2)nc1Cl.OCCC1(C(F)(F)F)CC1. The number of ether oxygens (including phenoxy) is 8. The molecule has 0 saturated heterocycles. The summed E-state index contributed by atoms with van der Waals surface area (Å²) >= 11 is 23.3. The van der Waals surface area contributed by atoms with Crippen LogP contribution in [0.1, 0.15) is 230 Å². The van der Waals surface area contributed by atoms with Gasteiger partial charge >= 0.3 is 73.1 Å². The maximum absolute atomic E-state index is 12.9. The standard InChI is InChI=1S/C19H21ClF3N3O3.C15H13ClF3N3O3.C14H19F3N2O3.C10H11Cl2NO2.C9H11F3N2O.C9H13NO3.C6H7F3O2.C6H9F3O/c1-17(2,3)29-16(27)12-4-5-13(24-15(12)20)26-10-6-14(25-26)28-11-9-18(7-8-18)19(21,22)23;16-12-9(13(23)24)1-2-10(20-12)22-7-3-11(21-22)25-8-6-14(4-5-14)15(17,18)19;1-12(2,3)22-11(20)19-8-4-10(18-19)21-9-7-13(5-6-13)14(15,16)17;1-10(2,3)15-9(14)6-4-5-7(11)13-8(6)12;10-9(11,12)8(2-3-8)4-6-15-7-1-5-13-14-7;1-9(2,3)13-8(12)10-5-4-7(11)6-10;7-6(8,9)5(1-2-5)3-4(10)11;7-6(8,9)5(1-2-5)3-4-10/h4-6,10H,7-9,11H2,1-3H3;1-3,7H,4-6,8H2,(H,23,24);4,8H,5-7,9H2,1-3H3;4-5H,1-3H3;1,5H,2-4,6H2,(H,13,14);4-5H,6H2,1-3H3;1-3H2,(H,10,11);10H,1-4H2. The maximum Gasteiger partial charge on any atom is 0.435 e. The number of alkyl halides is 18. The number of aliphatic hydroxyl groups excluding tert-OH is 1. The third kappa shape index (κ3) is 35.2. The van der Waals surface area contributed by atoms with E-state index >= 15 is 0 Å². The molecule has 52 heteroatoms. The average Bonchev–Trinajstić information content (AvgIpc) is 1.60. The number of aromatic nitrogens is 11. The fourth-order valence-electron chi connectivity index (χ4n) is 12.4. The number of aliphatic hydroxyl groups is 1. The number of pyridine rings is 3. The van der Waals surface area contributed by atoms with Gasteiger partial charge in [0.05, 0.1) is 94.8 Å². The Bertz CT molecular complexity index is 5380. The Balaban J connectivity index is 0.000000223. The lowest BCUT2D eigenvalue weighted by atomic mass is 10.0. The van der Waals surface area contributed by atoms with Gasteiger partial charge in [0.15, 0.2) is 17.4 Å². The highest BCUT2D eigenvalue weighted by Crippen LogP contribution is 2.64. The predicted molar refractivity (Wildman–Crippen MR) is 465 cm³/mol. The molecule has 6 aliphatic carbocycles. The number of nitrogens with zero attached hydrogens (tertiary/aromatic N) is 11. The number of hydrogen-bond acceptors (Lipinski definition) is 23. The number of halogens is 22. The van der Waals surface area contributed by atoms with Gasteiger partial charge < -0.3 is 53.2 Å². The molecule has 0 radical (unpaired) electrons. The van der Waals surface area contributed by atoms with Crippen LogP contribution in [0.15, 0.2) is 97.7 Å². The highest BCUT2D eigenvalue weighted by Gasteiger charge is 2.67. The van der Waals surface area contributed by atoms with Crippen molar-refractivity contribution in [2.45, 2.75) is 258 Å². The summed E-state index contributed by atoms with van der Waals surface area (Å²) in [6, 6.07) is 14.7. The van der Waals surface area contributed by atoms with Crippen LogP contribution in [0.25, 0.3) is 11.6 Å². The number of esters is 2. The molecule has 0 unspecified atom stereocenters. The van der Waals surface area contributed by atoms with Gasteiger partial charge in [-0.3, -0.25) is 14.5 Å². The van der Waals surface area contributed by atoms with E-state index in [0.717, 1.165) is 4.68 Å². The van der Waals surface area contributed by atoms with Crippen molar-refractivity contribution in [3.05, 3.63) is 135 Å². The molecule has 7 aromatic heterocycles. The Kier molecular flexibility index (Phi) is 38.0. The second-order valence-electron chi connectivity index (χ2n) is 37.5. The van der Waals surface area contributed by atoms with Crippen molar-refractivity contribution in [3.63, 3.8) is 0 Å². The van der Waals surface area contributed by atoms with Gasteiger partial charge in [0.25, 0.3) is 0 Å². The molecule has 8 heterocycles. The van der Waals surface area contributed by atoms with Crippen molar-refractivity contribution in [1.29, 1.82) is 0 Å². The summed E-state index contributed by atoms with van der Waals surface area (Å²) in [4.78, 5) is 91.5. The first kappa shape index (κ1) is 116. The fraction of sp³-hybridized carbons (Fsp3) is 0.591. The molecule has 6 saturated carbocycles. The highest BCUT2D eigenvalue weighted by molar-refractivity contribution is 6.34. The second kappa shape index (κ2) is 45.8. The number of aliphatic carboxylic acids is 1. The topological polar surface area (TPSA) is 378 Å². The minimum atomic E-state index is -4.34. The molecule has 1 aliphatic heterocycles. The van der Waals surface area contributed by atoms with Gasteiger partial charge in [0.2, 0.25) is 23.5 Å². The van der Waals surface area contributed by atoms with Crippen LogP contribution in [0.4, 0.5) is 88.6 Å². The largest absolute Gasteiger partial charge is 0.481 e. The van der Waals surface area contributed by atoms with Crippen LogP contribution < -0.4 is 18.9 Å².